The Morgan fingerprint density at radius 2 is 2.06 bits per heavy atom. The van der Waals surface area contributed by atoms with E-state index < -0.39 is 0 Å². The molecule has 2 aliphatic carbocycles. The first-order chi connectivity index (χ1) is 7.50. The smallest absolute Gasteiger partial charge is 0.161 e. The topological polar surface area (TPSA) is 17.1 Å². The van der Waals surface area contributed by atoms with Gasteiger partial charge < -0.3 is 0 Å². The number of allylic oxidation sites excluding steroid dienone is 3. The van der Waals surface area contributed by atoms with E-state index in [9.17, 15) is 4.79 Å². The van der Waals surface area contributed by atoms with Crippen LogP contribution in [-0.2, 0) is 4.79 Å². The van der Waals surface area contributed by atoms with Gasteiger partial charge in [0.2, 0.25) is 0 Å². The Morgan fingerprint density at radius 3 is 2.69 bits per heavy atom. The first-order valence-electron chi connectivity index (χ1n) is 6.40. The molecule has 0 bridgehead atoms. The second-order valence-corrected chi connectivity index (χ2v) is 5.67. The summed E-state index contributed by atoms with van der Waals surface area (Å²) in [5, 5.41) is 0. The molecule has 0 radical (unpaired) electrons. The van der Waals surface area contributed by atoms with E-state index in [0.717, 1.165) is 18.4 Å². The van der Waals surface area contributed by atoms with Gasteiger partial charge in [-0.15, -0.1) is 0 Å². The van der Waals surface area contributed by atoms with Crippen LogP contribution in [0.1, 0.15) is 46.5 Å². The standard InChI is InChI=1S/C15H22O/c1-9(2)12-5-6-13-7-10(3)15(16)11(4)14(13)8-12/h10,12-13H,1,5-8H2,2-4H3/t10-,12?,13-/m0/s1. The maximum absolute atomic E-state index is 12.0. The summed E-state index contributed by atoms with van der Waals surface area (Å²) in [5.74, 6) is 1.93. The van der Waals surface area contributed by atoms with Crippen molar-refractivity contribution < 1.29 is 4.79 Å². The van der Waals surface area contributed by atoms with Crippen molar-refractivity contribution in [3.05, 3.63) is 23.3 Å². The Labute approximate surface area is 98.6 Å². The Balaban J connectivity index is 2.27. The van der Waals surface area contributed by atoms with Gasteiger partial charge >= 0.3 is 0 Å². The van der Waals surface area contributed by atoms with Crippen LogP contribution in [0.25, 0.3) is 0 Å². The van der Waals surface area contributed by atoms with E-state index in [1.54, 1.807) is 0 Å². The molecule has 0 aromatic carbocycles. The molecule has 1 saturated carbocycles. The third-order valence-corrected chi connectivity index (χ3v) is 4.46. The lowest BCUT2D eigenvalue weighted by molar-refractivity contribution is -0.120. The Morgan fingerprint density at radius 1 is 1.38 bits per heavy atom. The van der Waals surface area contributed by atoms with E-state index in [4.69, 9.17) is 0 Å². The zero-order valence-corrected chi connectivity index (χ0v) is 10.7. The Kier molecular flexibility index (Phi) is 3.05. The molecule has 3 atom stereocenters. The predicted octanol–water partition coefficient (Wildman–Crippen LogP) is 3.90. The van der Waals surface area contributed by atoms with Crippen molar-refractivity contribution >= 4 is 5.78 Å². The quantitative estimate of drug-likeness (QED) is 0.610. The summed E-state index contributed by atoms with van der Waals surface area (Å²) < 4.78 is 0. The van der Waals surface area contributed by atoms with Crippen molar-refractivity contribution in [2.75, 3.05) is 0 Å². The van der Waals surface area contributed by atoms with Crippen molar-refractivity contribution in [3.8, 4) is 0 Å². The number of Topliss-reactive ketones (excluding diaryl/α,β-unsaturated/α-hetero) is 1. The van der Waals surface area contributed by atoms with Crippen LogP contribution in [-0.4, -0.2) is 5.78 Å². The first kappa shape index (κ1) is 11.6. The molecule has 1 nitrogen and oxygen atoms in total. The SMILES string of the molecule is C=C(C)C1CC[C@H]2C[C@H](C)C(=O)C(C)=C2C1. The van der Waals surface area contributed by atoms with E-state index in [0.29, 0.717) is 17.6 Å². The number of hydrogen-bond donors (Lipinski definition) is 0. The zero-order valence-electron chi connectivity index (χ0n) is 10.7. The molecule has 0 saturated heterocycles. The number of fused-ring (bicyclic) bond motifs is 1. The minimum absolute atomic E-state index is 0.245. The summed E-state index contributed by atoms with van der Waals surface area (Å²) >= 11 is 0. The molecule has 0 spiro atoms. The fourth-order valence-electron chi connectivity index (χ4n) is 3.31. The highest BCUT2D eigenvalue weighted by molar-refractivity contribution is 5.98. The highest BCUT2D eigenvalue weighted by Crippen LogP contribution is 2.44. The molecule has 88 valence electrons. The first-order valence-corrected chi connectivity index (χ1v) is 6.40. The van der Waals surface area contributed by atoms with Crippen LogP contribution in [0, 0.1) is 17.8 Å². The van der Waals surface area contributed by atoms with Crippen LogP contribution < -0.4 is 0 Å². The molecule has 0 aliphatic heterocycles. The van der Waals surface area contributed by atoms with Crippen molar-refractivity contribution in [3.63, 3.8) is 0 Å². The highest BCUT2D eigenvalue weighted by atomic mass is 16.1. The lowest BCUT2D eigenvalue weighted by atomic mass is 9.67. The second-order valence-electron chi connectivity index (χ2n) is 5.67. The van der Waals surface area contributed by atoms with Crippen LogP contribution >= 0.6 is 0 Å². The minimum Gasteiger partial charge on any atom is -0.294 e. The number of rotatable bonds is 1. The molecule has 2 rings (SSSR count). The predicted molar refractivity (Wildman–Crippen MR) is 67.1 cm³/mol. The van der Waals surface area contributed by atoms with Crippen molar-refractivity contribution in [1.29, 1.82) is 0 Å². The molecule has 16 heavy (non-hydrogen) atoms. The fraction of sp³-hybridized carbons (Fsp3) is 0.667. The molecular formula is C15H22O. The van der Waals surface area contributed by atoms with E-state index in [-0.39, 0.29) is 5.92 Å². The van der Waals surface area contributed by atoms with Crippen LogP contribution in [0.4, 0.5) is 0 Å². The van der Waals surface area contributed by atoms with Gasteiger partial charge in [0, 0.05) is 5.92 Å². The molecule has 0 aromatic heterocycles. The molecular weight excluding hydrogens is 196 g/mol. The van der Waals surface area contributed by atoms with Gasteiger partial charge in [-0.1, -0.05) is 24.6 Å². The van der Waals surface area contributed by atoms with Crippen LogP contribution in [0.5, 0.6) is 0 Å². The van der Waals surface area contributed by atoms with Crippen molar-refractivity contribution in [1.82, 2.24) is 0 Å². The minimum atomic E-state index is 0.245. The Hall–Kier alpha value is -0.850. The summed E-state index contributed by atoms with van der Waals surface area (Å²) in [6, 6.07) is 0. The summed E-state index contributed by atoms with van der Waals surface area (Å²) in [4.78, 5) is 12.0. The van der Waals surface area contributed by atoms with Gasteiger partial charge in [-0.05, 0) is 56.9 Å². The molecule has 1 fully saturated rings. The van der Waals surface area contributed by atoms with E-state index in [1.807, 2.05) is 6.92 Å². The van der Waals surface area contributed by atoms with Gasteiger partial charge in [-0.3, -0.25) is 4.79 Å². The second kappa shape index (κ2) is 4.20. The van der Waals surface area contributed by atoms with Gasteiger partial charge in [0.25, 0.3) is 0 Å². The largest absolute Gasteiger partial charge is 0.294 e. The van der Waals surface area contributed by atoms with Gasteiger partial charge in [0.15, 0.2) is 5.78 Å². The van der Waals surface area contributed by atoms with Gasteiger partial charge in [0.1, 0.15) is 0 Å². The van der Waals surface area contributed by atoms with Gasteiger partial charge in [0.05, 0.1) is 0 Å². The molecule has 2 aliphatic rings. The van der Waals surface area contributed by atoms with Crippen LogP contribution in [0.3, 0.4) is 0 Å². The van der Waals surface area contributed by atoms with Crippen molar-refractivity contribution in [2.45, 2.75) is 46.5 Å². The van der Waals surface area contributed by atoms with Crippen LogP contribution in [0.2, 0.25) is 0 Å². The third kappa shape index (κ3) is 1.88. The van der Waals surface area contributed by atoms with Crippen molar-refractivity contribution in [2.24, 2.45) is 17.8 Å². The number of carbonyl (C=O) groups is 1. The lowest BCUT2D eigenvalue weighted by Crippen LogP contribution is -2.30. The number of ketones is 1. The number of carbonyl (C=O) groups excluding carboxylic acids is 1. The monoisotopic (exact) mass is 218 g/mol. The summed E-state index contributed by atoms with van der Waals surface area (Å²) in [6.07, 6.45) is 4.68. The summed E-state index contributed by atoms with van der Waals surface area (Å²) in [6.45, 7) is 10.3. The van der Waals surface area contributed by atoms with E-state index in [2.05, 4.69) is 20.4 Å². The lowest BCUT2D eigenvalue weighted by Gasteiger charge is -2.37. The normalized spacial score (nSPS) is 34.9. The van der Waals surface area contributed by atoms with E-state index in [1.165, 1.54) is 24.0 Å². The van der Waals surface area contributed by atoms with Crippen LogP contribution in [0.15, 0.2) is 23.3 Å². The fourth-order valence-corrected chi connectivity index (χ4v) is 3.31. The maximum Gasteiger partial charge on any atom is 0.161 e. The molecule has 0 heterocycles. The molecule has 0 N–H and O–H groups in total. The average Bonchev–Trinajstić information content (AvgIpc) is 2.25. The summed E-state index contributed by atoms with van der Waals surface area (Å²) in [7, 11) is 0. The zero-order chi connectivity index (χ0) is 11.9. The molecule has 1 unspecified atom stereocenters. The maximum atomic E-state index is 12.0. The molecule has 1 heteroatoms. The molecule has 0 amide bonds. The number of hydrogen-bond acceptors (Lipinski definition) is 1. The highest BCUT2D eigenvalue weighted by Gasteiger charge is 2.35. The van der Waals surface area contributed by atoms with E-state index >= 15 is 0 Å². The average molecular weight is 218 g/mol. The van der Waals surface area contributed by atoms with Gasteiger partial charge in [-0.25, -0.2) is 0 Å². The van der Waals surface area contributed by atoms with Gasteiger partial charge in [-0.2, -0.15) is 0 Å². The third-order valence-electron chi connectivity index (χ3n) is 4.46. The Bertz CT molecular complexity index is 362. The molecule has 0 aromatic rings. The summed E-state index contributed by atoms with van der Waals surface area (Å²) in [5.41, 5.74) is 3.79.